The topological polar surface area (TPSA) is 61.6 Å². The van der Waals surface area contributed by atoms with Crippen LogP contribution in [0.3, 0.4) is 0 Å². The average molecular weight is 433 g/mol. The predicted octanol–water partition coefficient (Wildman–Crippen LogP) is 5.75. The van der Waals surface area contributed by atoms with Crippen LogP contribution >= 0.6 is 0 Å². The van der Waals surface area contributed by atoms with Crippen LogP contribution in [0.25, 0.3) is 16.7 Å². The fourth-order valence-electron chi connectivity index (χ4n) is 4.07. The Kier molecular flexibility index (Phi) is 6.04. The lowest BCUT2D eigenvalue weighted by Gasteiger charge is -2.41. The molecule has 2 N–H and O–H groups in total. The van der Waals surface area contributed by atoms with Crippen LogP contribution in [0.1, 0.15) is 57.7 Å². The summed E-state index contributed by atoms with van der Waals surface area (Å²) >= 11 is 0. The maximum atomic E-state index is 14.6. The van der Waals surface area contributed by atoms with Gasteiger partial charge in [0.15, 0.2) is 11.5 Å². The smallest absolute Gasteiger partial charge is 0.263 e. The second-order valence-corrected chi connectivity index (χ2v) is 8.54. The molecular weight excluding hydrogens is 407 g/mol. The quantitative estimate of drug-likeness (QED) is 0.610. The van der Waals surface area contributed by atoms with Gasteiger partial charge in [-0.15, -0.1) is 0 Å². The first-order chi connectivity index (χ1) is 14.4. The number of ether oxygens (including phenoxy) is 1. The van der Waals surface area contributed by atoms with E-state index >= 15 is 0 Å². The molecule has 1 aliphatic rings. The van der Waals surface area contributed by atoms with Gasteiger partial charge >= 0.3 is 0 Å². The summed E-state index contributed by atoms with van der Waals surface area (Å²) in [5, 5.41) is 0. The minimum absolute atomic E-state index is 0.155. The second kappa shape index (κ2) is 8.13. The van der Waals surface area contributed by atoms with Crippen molar-refractivity contribution in [1.29, 1.82) is 0 Å². The monoisotopic (exact) mass is 433 g/mol. The van der Waals surface area contributed by atoms with Gasteiger partial charge < -0.3 is 9.57 Å². The number of alkyl halides is 2. The summed E-state index contributed by atoms with van der Waals surface area (Å²) in [5.74, 6) is 4.64. The van der Waals surface area contributed by atoms with E-state index in [1.807, 2.05) is 6.92 Å². The minimum Gasteiger partial charge on any atom is -0.412 e. The lowest BCUT2D eigenvalue weighted by atomic mass is 9.80. The molecule has 0 aliphatic carbocycles. The molecule has 2 aromatic rings. The molecule has 0 saturated carbocycles. The molecule has 7 heteroatoms. The highest BCUT2D eigenvalue weighted by Crippen LogP contribution is 2.43. The highest BCUT2D eigenvalue weighted by Gasteiger charge is 2.48. The van der Waals surface area contributed by atoms with Crippen LogP contribution < -0.4 is 5.90 Å². The van der Waals surface area contributed by atoms with Crippen molar-refractivity contribution in [1.82, 2.24) is 0 Å². The van der Waals surface area contributed by atoms with E-state index < -0.39 is 29.0 Å². The Balaban J connectivity index is 2.26. The van der Waals surface area contributed by atoms with Crippen molar-refractivity contribution in [2.75, 3.05) is 0 Å². The van der Waals surface area contributed by atoms with E-state index in [0.29, 0.717) is 17.5 Å². The molecule has 0 amide bonds. The molecule has 0 saturated heterocycles. The van der Waals surface area contributed by atoms with Crippen LogP contribution in [-0.2, 0) is 20.8 Å². The van der Waals surface area contributed by atoms with E-state index in [9.17, 15) is 18.0 Å². The first-order valence-electron chi connectivity index (χ1n) is 10.0. The number of hydrogen-bond donors (Lipinski definition) is 1. The molecule has 0 unspecified atom stereocenters. The molecule has 0 fully saturated rings. The van der Waals surface area contributed by atoms with Crippen molar-refractivity contribution < 1.29 is 27.5 Å². The van der Waals surface area contributed by atoms with Gasteiger partial charge in [0.05, 0.1) is 5.57 Å². The second-order valence-electron chi connectivity index (χ2n) is 8.54. The van der Waals surface area contributed by atoms with Crippen LogP contribution in [0.5, 0.6) is 0 Å². The summed E-state index contributed by atoms with van der Waals surface area (Å²) in [6.45, 7) is 8.77. The third-order valence-electron chi connectivity index (χ3n) is 5.49. The first kappa shape index (κ1) is 23.0. The number of carbonyl (C=O) groups is 1. The van der Waals surface area contributed by atoms with E-state index in [0.717, 1.165) is 11.6 Å². The van der Waals surface area contributed by atoms with Crippen LogP contribution in [-0.4, -0.2) is 17.0 Å². The number of benzene rings is 2. The van der Waals surface area contributed by atoms with Crippen molar-refractivity contribution in [3.05, 3.63) is 64.7 Å². The van der Waals surface area contributed by atoms with Crippen molar-refractivity contribution in [2.24, 2.45) is 5.90 Å². The van der Waals surface area contributed by atoms with Gasteiger partial charge in [-0.3, -0.25) is 4.79 Å². The number of Topliss-reactive ketones (excluding diaryl/α,β-unsaturated/α-hetero) is 1. The third kappa shape index (κ3) is 4.12. The summed E-state index contributed by atoms with van der Waals surface area (Å²) in [7, 11) is 0. The van der Waals surface area contributed by atoms with Gasteiger partial charge in [0.1, 0.15) is 17.0 Å². The van der Waals surface area contributed by atoms with E-state index in [1.165, 1.54) is 12.1 Å². The van der Waals surface area contributed by atoms with Gasteiger partial charge in [-0.25, -0.2) is 13.2 Å². The maximum Gasteiger partial charge on any atom is 0.263 e. The van der Waals surface area contributed by atoms with Gasteiger partial charge in [-0.05, 0) is 62.9 Å². The number of hydrogen-bond acceptors (Lipinski definition) is 4. The van der Waals surface area contributed by atoms with Crippen molar-refractivity contribution >= 4 is 11.4 Å². The van der Waals surface area contributed by atoms with Gasteiger partial charge in [0, 0.05) is 11.1 Å². The Morgan fingerprint density at radius 2 is 1.71 bits per heavy atom. The summed E-state index contributed by atoms with van der Waals surface area (Å²) in [5.41, 5.74) is -0.250. The SMILES string of the molecule is CCc1ccc(-c2ccc(C(F)F)cc2F)cc1C1=C(ON)C(C)(C)OC(C)(C)C1=O. The fraction of sp³-hybridized carbons (Fsp3) is 0.375. The molecule has 166 valence electrons. The van der Waals surface area contributed by atoms with Gasteiger partial charge in [0.25, 0.3) is 6.43 Å². The number of nitrogens with two attached hydrogens (primary N) is 1. The number of aryl methyl sites for hydroxylation is 1. The normalized spacial score (nSPS) is 17.9. The Labute approximate surface area is 179 Å². The van der Waals surface area contributed by atoms with E-state index in [2.05, 4.69) is 0 Å². The Morgan fingerprint density at radius 3 is 2.26 bits per heavy atom. The lowest BCUT2D eigenvalue weighted by molar-refractivity contribution is -0.160. The standard InChI is InChI=1S/C24H26F3NO3/c1-6-13-7-8-14(16-10-9-15(22(26)27)12-18(16)25)11-17(13)19-20(29)23(2,3)31-24(4,5)21(19)30-28/h7-12,22H,6,28H2,1-5H3. The van der Waals surface area contributed by atoms with Gasteiger partial charge in [0.2, 0.25) is 0 Å². The van der Waals surface area contributed by atoms with E-state index in [4.69, 9.17) is 15.5 Å². The van der Waals surface area contributed by atoms with Crippen LogP contribution in [0, 0.1) is 5.82 Å². The molecule has 3 rings (SSSR count). The minimum atomic E-state index is -2.76. The van der Waals surface area contributed by atoms with E-state index in [-0.39, 0.29) is 22.7 Å². The Bertz CT molecular complexity index is 1060. The molecule has 0 bridgehead atoms. The molecule has 1 aliphatic heterocycles. The lowest BCUT2D eigenvalue weighted by Crippen LogP contribution is -2.50. The highest BCUT2D eigenvalue weighted by atomic mass is 19.3. The van der Waals surface area contributed by atoms with Crippen molar-refractivity contribution in [3.63, 3.8) is 0 Å². The van der Waals surface area contributed by atoms with Gasteiger partial charge in [-0.2, -0.15) is 5.90 Å². The molecular formula is C24H26F3NO3. The van der Waals surface area contributed by atoms with Crippen LogP contribution in [0.2, 0.25) is 0 Å². The largest absolute Gasteiger partial charge is 0.412 e. The average Bonchev–Trinajstić information content (AvgIpc) is 2.69. The molecule has 2 aromatic carbocycles. The zero-order valence-corrected chi connectivity index (χ0v) is 18.2. The molecule has 4 nitrogen and oxygen atoms in total. The molecule has 1 heterocycles. The number of carbonyl (C=O) groups excluding carboxylic acids is 1. The Morgan fingerprint density at radius 1 is 1.03 bits per heavy atom. The van der Waals surface area contributed by atoms with Gasteiger partial charge in [-0.1, -0.05) is 31.2 Å². The third-order valence-corrected chi connectivity index (χ3v) is 5.49. The number of rotatable bonds is 5. The van der Waals surface area contributed by atoms with Crippen molar-refractivity contribution in [3.8, 4) is 11.1 Å². The molecule has 0 aromatic heterocycles. The van der Waals surface area contributed by atoms with E-state index in [1.54, 1.807) is 45.9 Å². The number of halogens is 3. The zero-order chi connectivity index (χ0) is 23.1. The fourth-order valence-corrected chi connectivity index (χ4v) is 4.07. The molecule has 31 heavy (non-hydrogen) atoms. The molecule has 0 radical (unpaired) electrons. The van der Waals surface area contributed by atoms with Crippen LogP contribution in [0.15, 0.2) is 42.2 Å². The number of ketones is 1. The summed E-state index contributed by atoms with van der Waals surface area (Å²) in [4.78, 5) is 18.5. The molecule has 0 spiro atoms. The maximum absolute atomic E-state index is 14.6. The summed E-state index contributed by atoms with van der Waals surface area (Å²) in [6.07, 6.45) is -2.17. The summed E-state index contributed by atoms with van der Waals surface area (Å²) in [6, 6.07) is 8.49. The van der Waals surface area contributed by atoms with Crippen LogP contribution in [0.4, 0.5) is 13.2 Å². The highest BCUT2D eigenvalue weighted by molar-refractivity contribution is 6.26. The zero-order valence-electron chi connectivity index (χ0n) is 18.2. The summed E-state index contributed by atoms with van der Waals surface area (Å²) < 4.78 is 46.4. The molecule has 0 atom stereocenters. The van der Waals surface area contributed by atoms with Crippen molar-refractivity contribution in [2.45, 2.75) is 58.7 Å². The first-order valence-corrected chi connectivity index (χ1v) is 10.0. The predicted molar refractivity (Wildman–Crippen MR) is 113 cm³/mol. The Hall–Kier alpha value is -2.64.